The van der Waals surface area contributed by atoms with E-state index in [1.165, 1.54) is 6.42 Å². The van der Waals surface area contributed by atoms with Crippen LogP contribution in [0.25, 0.3) is 0 Å². The van der Waals surface area contributed by atoms with Gasteiger partial charge in [-0.25, -0.2) is 0 Å². The van der Waals surface area contributed by atoms with Crippen molar-refractivity contribution < 1.29 is 39.1 Å². The highest BCUT2D eigenvalue weighted by Gasteiger charge is 2.45. The van der Waals surface area contributed by atoms with Gasteiger partial charge in [0.15, 0.2) is 10.9 Å². The number of aliphatic hydroxyl groups excluding tert-OH is 2. The minimum Gasteiger partial charge on any atom is -0.405 e. The molecule has 2 atom stereocenters. The fourth-order valence-electron chi connectivity index (χ4n) is 2.05. The lowest BCUT2D eigenvalue weighted by atomic mass is 10.2. The van der Waals surface area contributed by atoms with Gasteiger partial charge in [-0.05, 0) is 25.1 Å². The van der Waals surface area contributed by atoms with Crippen LogP contribution in [0.2, 0.25) is 0 Å². The molecule has 0 aromatic carbocycles. The van der Waals surface area contributed by atoms with Crippen molar-refractivity contribution in [1.82, 2.24) is 9.55 Å². The van der Waals surface area contributed by atoms with E-state index < -0.39 is 42.2 Å². The van der Waals surface area contributed by atoms with Gasteiger partial charge in [-0.2, -0.15) is 4.39 Å². The highest BCUT2D eigenvalue weighted by atomic mass is 32.1. The third-order valence-corrected chi connectivity index (χ3v) is 3.39. The molecule has 1 saturated heterocycles. The lowest BCUT2D eigenvalue weighted by molar-refractivity contribution is -0.362. The van der Waals surface area contributed by atoms with E-state index in [4.69, 9.17) is 32.9 Å². The number of aromatic amines is 1. The van der Waals surface area contributed by atoms with Gasteiger partial charge in [0.05, 0.1) is 12.7 Å². The summed E-state index contributed by atoms with van der Waals surface area (Å²) < 4.78 is 24.1. The highest BCUT2D eigenvalue weighted by Crippen LogP contribution is 2.33. The molecule has 1 aromatic heterocycles. The van der Waals surface area contributed by atoms with E-state index >= 15 is 0 Å². The summed E-state index contributed by atoms with van der Waals surface area (Å²) in [6.45, 7) is 3.72. The van der Waals surface area contributed by atoms with Crippen molar-refractivity contribution in [2.24, 2.45) is 5.73 Å². The molecular formula is C16H30FN3O8S. The van der Waals surface area contributed by atoms with E-state index in [1.54, 1.807) is 0 Å². The Morgan fingerprint density at radius 3 is 2.38 bits per heavy atom. The van der Waals surface area contributed by atoms with Crippen molar-refractivity contribution in [2.75, 3.05) is 20.8 Å². The normalized spacial score (nSPS) is 17.6. The first kappa shape index (κ1) is 29.5. The van der Waals surface area contributed by atoms with Gasteiger partial charge in [-0.3, -0.25) is 19.1 Å². The molecule has 0 saturated carbocycles. The van der Waals surface area contributed by atoms with E-state index in [0.29, 0.717) is 0 Å². The number of carbonyl (C=O) groups is 1. The van der Waals surface area contributed by atoms with E-state index in [2.05, 4.69) is 23.6 Å². The van der Waals surface area contributed by atoms with Crippen LogP contribution < -0.4 is 11.3 Å². The Balaban J connectivity index is 0. The van der Waals surface area contributed by atoms with Crippen LogP contribution in [0.15, 0.2) is 11.0 Å². The van der Waals surface area contributed by atoms with Crippen LogP contribution in [0, 0.1) is 10.6 Å². The number of hydrogen-bond donors (Lipinski definition) is 6. The number of aliphatic hydroxyl groups is 4. The maximum absolute atomic E-state index is 13.3. The first-order chi connectivity index (χ1) is 13.7. The summed E-state index contributed by atoms with van der Waals surface area (Å²) in [5.41, 5.74) is 4.05. The lowest BCUT2D eigenvalue weighted by Crippen LogP contribution is -2.47. The maximum Gasteiger partial charge on any atom is 0.352 e. The fourth-order valence-corrected chi connectivity index (χ4v) is 2.31. The highest BCUT2D eigenvalue weighted by molar-refractivity contribution is 7.71. The van der Waals surface area contributed by atoms with Crippen molar-refractivity contribution in [2.45, 2.75) is 51.4 Å². The summed E-state index contributed by atoms with van der Waals surface area (Å²) in [5.74, 6) is -4.95. The predicted octanol–water partition coefficient (Wildman–Crippen LogP) is -0.504. The third-order valence-electron chi connectivity index (χ3n) is 3.08. The van der Waals surface area contributed by atoms with Crippen molar-refractivity contribution in [3.05, 3.63) is 27.1 Å². The fraction of sp³-hybridized carbons (Fsp3) is 0.688. The second kappa shape index (κ2) is 15.1. The Labute approximate surface area is 172 Å². The zero-order valence-electron chi connectivity index (χ0n) is 16.8. The van der Waals surface area contributed by atoms with Crippen LogP contribution in [0.4, 0.5) is 4.39 Å². The summed E-state index contributed by atoms with van der Waals surface area (Å²) in [7, 11) is 2.00. The van der Waals surface area contributed by atoms with Crippen LogP contribution >= 0.6 is 12.2 Å². The van der Waals surface area contributed by atoms with E-state index in [1.807, 2.05) is 0 Å². The van der Waals surface area contributed by atoms with Crippen LogP contribution in [0.5, 0.6) is 0 Å². The summed E-state index contributed by atoms with van der Waals surface area (Å²) in [6.07, 6.45) is 0.311. The average Bonchev–Trinajstić information content (AvgIpc) is 3.19. The minimum atomic E-state index is -2.87. The average molecular weight is 443 g/mol. The molecule has 0 radical (unpaired) electrons. The molecule has 1 aliphatic rings. The smallest absolute Gasteiger partial charge is 0.352 e. The Kier molecular flexibility index (Phi) is 15.4. The van der Waals surface area contributed by atoms with Gasteiger partial charge in [0.1, 0.15) is 6.23 Å². The molecule has 0 aliphatic carbocycles. The number of rotatable bonds is 4. The first-order valence-corrected chi connectivity index (χ1v) is 8.99. The molecule has 0 spiro atoms. The maximum atomic E-state index is 13.3. The topological polar surface area (TPSA) is 180 Å². The molecule has 13 heteroatoms. The third kappa shape index (κ3) is 9.54. The van der Waals surface area contributed by atoms with Crippen LogP contribution in [-0.4, -0.2) is 68.8 Å². The zero-order chi connectivity index (χ0) is 23.2. The standard InChI is InChI=1S/C11H14FN3O6S.C3H8.2CH4O/c12-5-4-15(10(22)14-9(5)17)7-2-1-6(20-7)11(18,19)21-8(16)3-13;1-3-2;2*1-2/h4,6-7,18-19H,1-3,13H2,(H,14,17,22);3H2,1-2H3;2*2H,1H3. The van der Waals surface area contributed by atoms with Crippen LogP contribution in [0.1, 0.15) is 39.3 Å². The van der Waals surface area contributed by atoms with E-state index in [-0.39, 0.29) is 17.6 Å². The van der Waals surface area contributed by atoms with Gasteiger partial charge < -0.3 is 35.6 Å². The molecule has 1 fully saturated rings. The molecule has 2 unspecified atom stereocenters. The van der Waals surface area contributed by atoms with Gasteiger partial charge in [0.2, 0.25) is 5.82 Å². The number of H-pyrrole nitrogens is 1. The summed E-state index contributed by atoms with van der Waals surface area (Å²) in [6, 6.07) is 0. The number of aromatic nitrogens is 2. The van der Waals surface area contributed by atoms with Crippen LogP contribution in [-0.2, 0) is 14.3 Å². The number of nitrogens with one attached hydrogen (secondary N) is 1. The SMILES string of the molecule is CCC.CO.CO.NCC(=O)OC(O)(O)C1CCC(n2cc(F)c(=O)[nH]c2=S)O1. The van der Waals surface area contributed by atoms with Crippen molar-refractivity contribution >= 4 is 18.2 Å². The molecule has 170 valence electrons. The number of halogens is 1. The number of esters is 1. The Bertz CT molecular complexity index is 710. The number of hydrogen-bond acceptors (Lipinski definition) is 10. The first-order valence-electron chi connectivity index (χ1n) is 8.58. The zero-order valence-corrected chi connectivity index (χ0v) is 17.6. The Hall–Kier alpha value is -1.74. The second-order valence-electron chi connectivity index (χ2n) is 5.34. The quantitative estimate of drug-likeness (QED) is 0.202. The molecule has 2 rings (SSSR count). The summed E-state index contributed by atoms with van der Waals surface area (Å²) >= 11 is 4.89. The molecule has 29 heavy (non-hydrogen) atoms. The summed E-state index contributed by atoms with van der Waals surface area (Å²) in [4.78, 5) is 24.2. The van der Waals surface area contributed by atoms with Gasteiger partial charge in [0.25, 0.3) is 5.56 Å². The van der Waals surface area contributed by atoms with Gasteiger partial charge in [-0.1, -0.05) is 20.3 Å². The predicted molar refractivity (Wildman–Crippen MR) is 104 cm³/mol. The summed E-state index contributed by atoms with van der Waals surface area (Å²) in [5, 5.41) is 33.4. The van der Waals surface area contributed by atoms with Crippen molar-refractivity contribution in [3.63, 3.8) is 0 Å². The molecule has 1 aliphatic heterocycles. The molecule has 0 bridgehead atoms. The number of nitrogens with zero attached hydrogens (tertiary/aromatic N) is 1. The van der Waals surface area contributed by atoms with Gasteiger partial charge >= 0.3 is 11.9 Å². The van der Waals surface area contributed by atoms with Crippen molar-refractivity contribution in [1.29, 1.82) is 0 Å². The lowest BCUT2D eigenvalue weighted by Gasteiger charge is -2.27. The Morgan fingerprint density at radius 1 is 1.38 bits per heavy atom. The number of ether oxygens (including phenoxy) is 2. The van der Waals surface area contributed by atoms with E-state index in [0.717, 1.165) is 25.0 Å². The van der Waals surface area contributed by atoms with Crippen molar-refractivity contribution in [3.8, 4) is 0 Å². The monoisotopic (exact) mass is 443 g/mol. The van der Waals surface area contributed by atoms with E-state index in [9.17, 15) is 24.2 Å². The Morgan fingerprint density at radius 2 is 1.90 bits per heavy atom. The number of carbonyl (C=O) groups excluding carboxylic acids is 1. The second-order valence-corrected chi connectivity index (χ2v) is 5.73. The molecule has 1 aromatic rings. The molecular weight excluding hydrogens is 413 g/mol. The minimum absolute atomic E-state index is 0.0857. The van der Waals surface area contributed by atoms with Gasteiger partial charge in [0, 0.05) is 14.2 Å². The van der Waals surface area contributed by atoms with Crippen LogP contribution in [0.3, 0.4) is 0 Å². The van der Waals surface area contributed by atoms with Gasteiger partial charge in [-0.15, -0.1) is 0 Å². The molecule has 7 N–H and O–H groups in total. The molecule has 2 heterocycles. The molecule has 0 amide bonds. The number of nitrogens with two attached hydrogens (primary N) is 1. The largest absolute Gasteiger partial charge is 0.405 e. The molecule has 11 nitrogen and oxygen atoms in total.